The summed E-state index contributed by atoms with van der Waals surface area (Å²) in [5.74, 6) is 0.874. The van der Waals surface area contributed by atoms with Gasteiger partial charge in [0.25, 0.3) is 5.91 Å². The summed E-state index contributed by atoms with van der Waals surface area (Å²) >= 11 is 0. The normalized spacial score (nSPS) is 21.5. The molecule has 2 aromatic heterocycles. The Kier molecular flexibility index (Phi) is 3.03. The van der Waals surface area contributed by atoms with Gasteiger partial charge in [-0.1, -0.05) is 0 Å². The van der Waals surface area contributed by atoms with Crippen molar-refractivity contribution in [2.24, 2.45) is 0 Å². The van der Waals surface area contributed by atoms with Crippen molar-refractivity contribution in [2.75, 3.05) is 13.1 Å². The molecule has 6 heteroatoms. The largest absolute Gasteiger partial charge is 0.467 e. The van der Waals surface area contributed by atoms with Gasteiger partial charge in [-0.15, -0.1) is 0 Å². The molecule has 0 aromatic carbocycles. The highest BCUT2D eigenvalue weighted by atomic mass is 16.3. The maximum Gasteiger partial charge on any atom is 0.275 e. The topological polar surface area (TPSA) is 74.2 Å². The molecule has 1 atom stereocenters. The lowest BCUT2D eigenvalue weighted by Crippen LogP contribution is -2.32. The number of hydrogen-bond donors (Lipinski definition) is 2. The van der Waals surface area contributed by atoms with Gasteiger partial charge in [0.15, 0.2) is 5.69 Å². The second-order valence-electron chi connectivity index (χ2n) is 5.63. The molecular formula is C15H18N4O2. The third kappa shape index (κ3) is 2.06. The van der Waals surface area contributed by atoms with Crippen LogP contribution in [0.5, 0.6) is 0 Å². The van der Waals surface area contributed by atoms with Gasteiger partial charge in [0, 0.05) is 37.3 Å². The van der Waals surface area contributed by atoms with Gasteiger partial charge in [0.05, 0.1) is 12.3 Å². The number of H-pyrrole nitrogens is 1. The first-order valence-corrected chi connectivity index (χ1v) is 7.46. The minimum atomic E-state index is 0.00935. The van der Waals surface area contributed by atoms with E-state index in [-0.39, 0.29) is 11.9 Å². The minimum absolute atomic E-state index is 0.00935. The molecule has 1 fully saturated rings. The number of aromatic amines is 1. The highest BCUT2D eigenvalue weighted by Crippen LogP contribution is 2.33. The molecule has 110 valence electrons. The summed E-state index contributed by atoms with van der Waals surface area (Å²) in [7, 11) is 0. The van der Waals surface area contributed by atoms with Crippen molar-refractivity contribution < 1.29 is 9.21 Å². The summed E-state index contributed by atoms with van der Waals surface area (Å²) in [6, 6.07) is 3.85. The molecule has 1 unspecified atom stereocenters. The summed E-state index contributed by atoms with van der Waals surface area (Å²) in [6.45, 7) is 2.41. The molecule has 2 aliphatic heterocycles. The third-order valence-electron chi connectivity index (χ3n) is 4.39. The number of nitrogens with zero attached hydrogens (tertiary/aromatic N) is 2. The molecule has 4 rings (SSSR count). The van der Waals surface area contributed by atoms with Crippen LogP contribution in [0.4, 0.5) is 0 Å². The molecule has 1 saturated heterocycles. The van der Waals surface area contributed by atoms with Gasteiger partial charge < -0.3 is 14.6 Å². The van der Waals surface area contributed by atoms with Crippen molar-refractivity contribution in [1.82, 2.24) is 20.4 Å². The Balaban J connectivity index is 1.63. The maximum absolute atomic E-state index is 12.9. The fraction of sp³-hybridized carbons (Fsp3) is 0.467. The Bertz CT molecular complexity index is 647. The molecule has 4 heterocycles. The number of nitrogens with one attached hydrogen (secondary N) is 2. The first-order chi connectivity index (χ1) is 10.3. The lowest BCUT2D eigenvalue weighted by atomic mass is 10.1. The summed E-state index contributed by atoms with van der Waals surface area (Å²) in [6.07, 6.45) is 4.51. The van der Waals surface area contributed by atoms with Gasteiger partial charge in [0.1, 0.15) is 5.76 Å². The summed E-state index contributed by atoms with van der Waals surface area (Å²) in [5.41, 5.74) is 2.68. The van der Waals surface area contributed by atoms with Gasteiger partial charge >= 0.3 is 0 Å². The van der Waals surface area contributed by atoms with E-state index in [0.717, 1.165) is 49.4 Å². The Morgan fingerprint density at radius 2 is 2.43 bits per heavy atom. The van der Waals surface area contributed by atoms with Crippen molar-refractivity contribution in [3.63, 3.8) is 0 Å². The van der Waals surface area contributed by atoms with E-state index < -0.39 is 0 Å². The molecule has 2 aliphatic rings. The van der Waals surface area contributed by atoms with Crippen molar-refractivity contribution in [3.8, 4) is 0 Å². The fourth-order valence-electron chi connectivity index (χ4n) is 3.32. The molecule has 21 heavy (non-hydrogen) atoms. The number of amides is 1. The predicted octanol–water partition coefficient (Wildman–Crippen LogP) is 1.63. The first-order valence-electron chi connectivity index (χ1n) is 7.46. The zero-order chi connectivity index (χ0) is 14.2. The van der Waals surface area contributed by atoms with Crippen LogP contribution in [0.25, 0.3) is 0 Å². The van der Waals surface area contributed by atoms with Gasteiger partial charge in [-0.2, -0.15) is 5.10 Å². The van der Waals surface area contributed by atoms with Crippen LogP contribution in [-0.2, 0) is 13.0 Å². The van der Waals surface area contributed by atoms with E-state index >= 15 is 0 Å². The van der Waals surface area contributed by atoms with E-state index in [9.17, 15) is 4.79 Å². The minimum Gasteiger partial charge on any atom is -0.467 e. The number of likely N-dealkylation sites (tertiary alicyclic amines) is 1. The highest BCUT2D eigenvalue weighted by molar-refractivity contribution is 5.94. The number of fused-ring (bicyclic) bond motifs is 1. The van der Waals surface area contributed by atoms with Crippen LogP contribution in [-0.4, -0.2) is 34.1 Å². The molecule has 0 saturated carbocycles. The molecule has 2 aromatic rings. The maximum atomic E-state index is 12.9. The summed E-state index contributed by atoms with van der Waals surface area (Å²) in [5, 5.41) is 10.6. The summed E-state index contributed by atoms with van der Waals surface area (Å²) < 4.78 is 5.49. The van der Waals surface area contributed by atoms with E-state index in [1.807, 2.05) is 17.0 Å². The van der Waals surface area contributed by atoms with Crippen LogP contribution in [0.1, 0.15) is 46.4 Å². The van der Waals surface area contributed by atoms with Gasteiger partial charge in [-0.25, -0.2) is 0 Å². The molecular weight excluding hydrogens is 268 g/mol. The lowest BCUT2D eigenvalue weighted by Gasteiger charge is -2.23. The smallest absolute Gasteiger partial charge is 0.275 e. The Morgan fingerprint density at radius 3 is 3.29 bits per heavy atom. The van der Waals surface area contributed by atoms with Crippen LogP contribution < -0.4 is 5.32 Å². The number of hydrogen-bond acceptors (Lipinski definition) is 4. The number of furan rings is 1. The Hall–Kier alpha value is -2.08. The van der Waals surface area contributed by atoms with E-state index in [4.69, 9.17) is 4.42 Å². The zero-order valence-corrected chi connectivity index (χ0v) is 11.8. The molecule has 0 spiro atoms. The molecule has 0 bridgehead atoms. The molecule has 6 nitrogen and oxygen atoms in total. The average molecular weight is 286 g/mol. The quantitative estimate of drug-likeness (QED) is 0.880. The van der Waals surface area contributed by atoms with E-state index in [2.05, 4.69) is 15.5 Å². The summed E-state index contributed by atoms with van der Waals surface area (Å²) in [4.78, 5) is 14.8. The fourth-order valence-corrected chi connectivity index (χ4v) is 3.32. The molecule has 0 radical (unpaired) electrons. The Morgan fingerprint density at radius 1 is 1.48 bits per heavy atom. The van der Waals surface area contributed by atoms with Crippen LogP contribution in [0, 0.1) is 0 Å². The monoisotopic (exact) mass is 286 g/mol. The molecule has 1 amide bonds. The zero-order valence-electron chi connectivity index (χ0n) is 11.8. The standard InChI is InChI=1S/C15H18N4O2/c20-15(14-10-9-16-6-5-11(10)17-18-14)19-7-1-3-12(19)13-4-2-8-21-13/h2,4,8,12,16H,1,3,5-7,9H2,(H,17,18). The third-order valence-corrected chi connectivity index (χ3v) is 4.39. The van der Waals surface area contributed by atoms with Gasteiger partial charge in [-0.3, -0.25) is 9.89 Å². The SMILES string of the molecule is O=C(c1n[nH]c2c1CNCC2)N1CCCC1c1ccco1. The molecule has 2 N–H and O–H groups in total. The van der Waals surface area contributed by atoms with Crippen LogP contribution >= 0.6 is 0 Å². The number of carbonyl (C=O) groups is 1. The lowest BCUT2D eigenvalue weighted by molar-refractivity contribution is 0.0712. The Labute approximate surface area is 122 Å². The number of carbonyl (C=O) groups excluding carboxylic acids is 1. The first kappa shape index (κ1) is 12.6. The number of aromatic nitrogens is 2. The van der Waals surface area contributed by atoms with Crippen LogP contribution in [0.3, 0.4) is 0 Å². The highest BCUT2D eigenvalue weighted by Gasteiger charge is 2.35. The van der Waals surface area contributed by atoms with Crippen molar-refractivity contribution >= 4 is 5.91 Å². The van der Waals surface area contributed by atoms with Crippen molar-refractivity contribution in [3.05, 3.63) is 41.1 Å². The second-order valence-corrected chi connectivity index (χ2v) is 5.63. The second kappa shape index (κ2) is 5.04. The van der Waals surface area contributed by atoms with Gasteiger partial charge in [0.2, 0.25) is 0 Å². The predicted molar refractivity (Wildman–Crippen MR) is 75.7 cm³/mol. The van der Waals surface area contributed by atoms with Crippen LogP contribution in [0.15, 0.2) is 22.8 Å². The number of rotatable bonds is 2. The van der Waals surface area contributed by atoms with E-state index in [1.54, 1.807) is 6.26 Å². The van der Waals surface area contributed by atoms with Crippen molar-refractivity contribution in [2.45, 2.75) is 31.8 Å². The average Bonchev–Trinajstić information content (AvgIpc) is 3.25. The van der Waals surface area contributed by atoms with Crippen LogP contribution in [0.2, 0.25) is 0 Å². The van der Waals surface area contributed by atoms with E-state index in [0.29, 0.717) is 12.2 Å². The van der Waals surface area contributed by atoms with E-state index in [1.165, 1.54) is 0 Å². The van der Waals surface area contributed by atoms with Gasteiger partial charge in [-0.05, 0) is 25.0 Å². The molecule has 0 aliphatic carbocycles. The van der Waals surface area contributed by atoms with Crippen molar-refractivity contribution in [1.29, 1.82) is 0 Å².